The summed E-state index contributed by atoms with van der Waals surface area (Å²) in [5.41, 5.74) is -0.725. The third-order valence-electron chi connectivity index (χ3n) is 4.55. The molecule has 2 N–H and O–H groups in total. The molecule has 0 bridgehead atoms. The Morgan fingerprint density at radius 1 is 1.35 bits per heavy atom. The van der Waals surface area contributed by atoms with Crippen LogP contribution in [0.1, 0.15) is 38.5 Å². The van der Waals surface area contributed by atoms with E-state index in [0.29, 0.717) is 18.5 Å². The lowest BCUT2D eigenvalue weighted by Crippen LogP contribution is -2.60. The monoisotopic (exact) mass is 240 g/mol. The molecule has 98 valence electrons. The van der Waals surface area contributed by atoms with Crippen molar-refractivity contribution in [3.8, 4) is 0 Å². The number of nitrogens with zero attached hydrogens (tertiary/aromatic N) is 1. The van der Waals surface area contributed by atoms with E-state index in [1.165, 1.54) is 25.7 Å². The van der Waals surface area contributed by atoms with Gasteiger partial charge in [-0.25, -0.2) is 0 Å². The molecule has 4 nitrogen and oxygen atoms in total. The van der Waals surface area contributed by atoms with Crippen molar-refractivity contribution in [2.45, 2.75) is 50.1 Å². The third kappa shape index (κ3) is 2.47. The van der Waals surface area contributed by atoms with Crippen molar-refractivity contribution in [1.82, 2.24) is 10.2 Å². The smallest absolute Gasteiger partial charge is 0.325 e. The number of carboxylic acid groups (broad SMARTS) is 1. The molecule has 1 atom stereocenters. The Bertz CT molecular complexity index is 285. The number of likely N-dealkylation sites (N-methyl/N-ethyl adjacent to an activating group) is 2. The molecule has 0 aliphatic heterocycles. The largest absolute Gasteiger partial charge is 0.480 e. The van der Waals surface area contributed by atoms with Crippen molar-refractivity contribution >= 4 is 5.97 Å². The molecule has 2 fully saturated rings. The molecular weight excluding hydrogens is 216 g/mol. The van der Waals surface area contributed by atoms with E-state index >= 15 is 0 Å². The van der Waals surface area contributed by atoms with Gasteiger partial charge >= 0.3 is 5.97 Å². The molecular formula is C13H24N2O2. The third-order valence-corrected chi connectivity index (χ3v) is 4.55. The lowest BCUT2D eigenvalue weighted by atomic mass is 9.92. The van der Waals surface area contributed by atoms with Crippen LogP contribution in [0.15, 0.2) is 0 Å². The quantitative estimate of drug-likeness (QED) is 0.735. The molecule has 2 aliphatic carbocycles. The molecule has 4 heteroatoms. The first kappa shape index (κ1) is 12.8. The molecule has 2 aliphatic rings. The Labute approximate surface area is 103 Å². The summed E-state index contributed by atoms with van der Waals surface area (Å²) in [4.78, 5) is 13.9. The van der Waals surface area contributed by atoms with Gasteiger partial charge in [0.1, 0.15) is 5.54 Å². The molecule has 0 spiro atoms. The Hall–Kier alpha value is -0.610. The minimum atomic E-state index is -0.725. The number of carboxylic acids is 1. The average Bonchev–Trinajstić information content (AvgIpc) is 3.00. The topological polar surface area (TPSA) is 52.6 Å². The number of hydrogen-bond donors (Lipinski definition) is 2. The molecule has 0 aromatic carbocycles. The summed E-state index contributed by atoms with van der Waals surface area (Å²) in [6.45, 7) is 0.633. The van der Waals surface area contributed by atoms with Crippen molar-refractivity contribution in [1.29, 1.82) is 0 Å². The first-order valence-electron chi connectivity index (χ1n) is 6.72. The normalized spacial score (nSPS) is 25.1. The zero-order valence-corrected chi connectivity index (χ0v) is 10.9. The van der Waals surface area contributed by atoms with Crippen LogP contribution in [0.4, 0.5) is 0 Å². The molecule has 0 saturated heterocycles. The highest BCUT2D eigenvalue weighted by Crippen LogP contribution is 2.40. The van der Waals surface area contributed by atoms with Gasteiger partial charge in [-0.05, 0) is 45.7 Å². The van der Waals surface area contributed by atoms with Gasteiger partial charge in [-0.2, -0.15) is 0 Å². The molecule has 0 radical (unpaired) electrons. The van der Waals surface area contributed by atoms with E-state index in [4.69, 9.17) is 0 Å². The molecule has 2 saturated carbocycles. The lowest BCUT2D eigenvalue weighted by molar-refractivity contribution is -0.146. The molecule has 0 heterocycles. The maximum absolute atomic E-state index is 11.6. The highest BCUT2D eigenvalue weighted by atomic mass is 16.4. The van der Waals surface area contributed by atoms with Gasteiger partial charge in [0.05, 0.1) is 0 Å². The van der Waals surface area contributed by atoms with Gasteiger partial charge in [0.25, 0.3) is 0 Å². The summed E-state index contributed by atoms with van der Waals surface area (Å²) >= 11 is 0. The summed E-state index contributed by atoms with van der Waals surface area (Å²) in [6.07, 6.45) is 7.12. The van der Waals surface area contributed by atoms with Crippen LogP contribution in [0.25, 0.3) is 0 Å². The van der Waals surface area contributed by atoms with E-state index in [1.807, 2.05) is 0 Å². The minimum Gasteiger partial charge on any atom is -0.480 e. The van der Waals surface area contributed by atoms with E-state index in [9.17, 15) is 9.90 Å². The molecule has 2 rings (SSSR count). The summed E-state index contributed by atoms with van der Waals surface area (Å²) in [5.74, 6) is -0.374. The summed E-state index contributed by atoms with van der Waals surface area (Å²) in [7, 11) is 3.86. The SMILES string of the molecule is CNC(CN(C)C1CCCC1)(C(=O)O)C1CC1. The number of carbonyl (C=O) groups is 1. The van der Waals surface area contributed by atoms with Crippen LogP contribution in [-0.4, -0.2) is 48.2 Å². The molecule has 0 aromatic rings. The van der Waals surface area contributed by atoms with Gasteiger partial charge in [0.15, 0.2) is 0 Å². The van der Waals surface area contributed by atoms with Crippen molar-refractivity contribution in [3.63, 3.8) is 0 Å². The van der Waals surface area contributed by atoms with Gasteiger partial charge in [-0.3, -0.25) is 4.79 Å². The second-order valence-electron chi connectivity index (χ2n) is 5.65. The Morgan fingerprint density at radius 2 is 1.94 bits per heavy atom. The van der Waals surface area contributed by atoms with E-state index in [1.54, 1.807) is 7.05 Å². The summed E-state index contributed by atoms with van der Waals surface area (Å²) in [5, 5.41) is 12.6. The van der Waals surface area contributed by atoms with Crippen LogP contribution in [0.5, 0.6) is 0 Å². The van der Waals surface area contributed by atoms with Crippen molar-refractivity contribution in [2.24, 2.45) is 5.92 Å². The molecule has 17 heavy (non-hydrogen) atoms. The maximum atomic E-state index is 11.6. The standard InChI is InChI=1S/C13H24N2O2/c1-14-13(12(16)17,10-7-8-10)9-15(2)11-5-3-4-6-11/h10-11,14H,3-9H2,1-2H3,(H,16,17). The maximum Gasteiger partial charge on any atom is 0.325 e. The van der Waals surface area contributed by atoms with Crippen molar-refractivity contribution in [2.75, 3.05) is 20.6 Å². The average molecular weight is 240 g/mol. The first-order chi connectivity index (χ1) is 8.10. The summed E-state index contributed by atoms with van der Waals surface area (Å²) in [6, 6.07) is 0.584. The summed E-state index contributed by atoms with van der Waals surface area (Å²) < 4.78 is 0. The zero-order chi connectivity index (χ0) is 12.5. The fraction of sp³-hybridized carbons (Fsp3) is 0.923. The van der Waals surface area contributed by atoms with Crippen LogP contribution in [-0.2, 0) is 4.79 Å². The van der Waals surface area contributed by atoms with Crippen LogP contribution >= 0.6 is 0 Å². The van der Waals surface area contributed by atoms with Crippen LogP contribution in [0.3, 0.4) is 0 Å². The van der Waals surface area contributed by atoms with Crippen LogP contribution < -0.4 is 5.32 Å². The fourth-order valence-electron chi connectivity index (χ4n) is 3.21. The second-order valence-corrected chi connectivity index (χ2v) is 5.65. The number of aliphatic carboxylic acids is 1. The highest BCUT2D eigenvalue weighted by Gasteiger charge is 2.51. The Balaban J connectivity index is 2.03. The second kappa shape index (κ2) is 4.94. The molecule has 0 amide bonds. The zero-order valence-electron chi connectivity index (χ0n) is 10.9. The van der Waals surface area contributed by atoms with E-state index < -0.39 is 11.5 Å². The fourth-order valence-corrected chi connectivity index (χ4v) is 3.21. The Morgan fingerprint density at radius 3 is 2.35 bits per heavy atom. The Kier molecular flexibility index (Phi) is 3.73. The highest BCUT2D eigenvalue weighted by molar-refractivity contribution is 5.80. The molecule has 1 unspecified atom stereocenters. The van der Waals surface area contributed by atoms with E-state index in [2.05, 4.69) is 17.3 Å². The lowest BCUT2D eigenvalue weighted by Gasteiger charge is -2.36. The van der Waals surface area contributed by atoms with Crippen LogP contribution in [0, 0.1) is 5.92 Å². The molecule has 0 aromatic heterocycles. The minimum absolute atomic E-state index is 0.314. The van der Waals surface area contributed by atoms with Gasteiger partial charge in [-0.1, -0.05) is 12.8 Å². The van der Waals surface area contributed by atoms with Gasteiger partial charge in [0, 0.05) is 12.6 Å². The van der Waals surface area contributed by atoms with Gasteiger partial charge in [-0.15, -0.1) is 0 Å². The van der Waals surface area contributed by atoms with Crippen molar-refractivity contribution in [3.05, 3.63) is 0 Å². The van der Waals surface area contributed by atoms with Gasteiger partial charge in [0.2, 0.25) is 0 Å². The van der Waals surface area contributed by atoms with E-state index in [0.717, 1.165) is 12.8 Å². The van der Waals surface area contributed by atoms with Crippen molar-refractivity contribution < 1.29 is 9.90 Å². The van der Waals surface area contributed by atoms with Gasteiger partial charge < -0.3 is 15.3 Å². The first-order valence-corrected chi connectivity index (χ1v) is 6.72. The van der Waals surface area contributed by atoms with Crippen LogP contribution in [0.2, 0.25) is 0 Å². The number of rotatable bonds is 6. The predicted molar refractivity (Wildman–Crippen MR) is 67.0 cm³/mol. The predicted octanol–water partition coefficient (Wildman–Crippen LogP) is 1.31. The van der Waals surface area contributed by atoms with E-state index in [-0.39, 0.29) is 0 Å². The number of hydrogen-bond acceptors (Lipinski definition) is 3. The number of nitrogens with one attached hydrogen (secondary N) is 1.